The highest BCUT2D eigenvalue weighted by atomic mass is 16.6. The van der Waals surface area contributed by atoms with Crippen LogP contribution >= 0.6 is 0 Å². The third kappa shape index (κ3) is 2.63. The summed E-state index contributed by atoms with van der Waals surface area (Å²) in [4.78, 5) is 23.9. The molecule has 0 unspecified atom stereocenters. The van der Waals surface area contributed by atoms with E-state index in [4.69, 9.17) is 9.84 Å². The van der Waals surface area contributed by atoms with E-state index in [1.807, 2.05) is 0 Å². The van der Waals surface area contributed by atoms with Crippen molar-refractivity contribution >= 4 is 11.7 Å². The molecule has 0 aromatic carbocycles. The molecular weight excluding hydrogens is 204 g/mol. The van der Waals surface area contributed by atoms with Crippen LogP contribution in [0.2, 0.25) is 0 Å². The Kier molecular flexibility index (Phi) is 3.17. The van der Waals surface area contributed by atoms with Crippen LogP contribution in [-0.2, 0) is 11.2 Å². The molecule has 1 aromatic heterocycles. The molecule has 80 valence electrons. The number of hydrogen-bond acceptors (Lipinski definition) is 5. The zero-order valence-corrected chi connectivity index (χ0v) is 7.84. The highest BCUT2D eigenvalue weighted by molar-refractivity contribution is 5.71. The molecule has 1 aromatic rings. The number of carboxylic acids is 1. The molecule has 0 aliphatic heterocycles. The molecule has 1 N–H and O–H groups in total. The summed E-state index contributed by atoms with van der Waals surface area (Å²) in [5.41, 5.74) is -0.0775. The Labute approximate surface area is 84.5 Å². The molecular formula is C8H8N2O5. The number of nitro groups is 1. The molecule has 0 fully saturated rings. The van der Waals surface area contributed by atoms with Crippen LogP contribution in [0.1, 0.15) is 5.56 Å². The second-order valence-electron chi connectivity index (χ2n) is 2.69. The lowest BCUT2D eigenvalue weighted by molar-refractivity contribution is -0.385. The van der Waals surface area contributed by atoms with Gasteiger partial charge >= 0.3 is 5.97 Å². The summed E-state index contributed by atoms with van der Waals surface area (Å²) in [5, 5.41) is 19.0. The van der Waals surface area contributed by atoms with Crippen molar-refractivity contribution in [3.8, 4) is 5.88 Å². The van der Waals surface area contributed by atoms with E-state index in [9.17, 15) is 14.9 Å². The molecule has 0 aliphatic rings. The fourth-order valence-corrected chi connectivity index (χ4v) is 1.06. The zero-order valence-electron chi connectivity index (χ0n) is 7.84. The second kappa shape index (κ2) is 4.36. The third-order valence-corrected chi connectivity index (χ3v) is 1.66. The van der Waals surface area contributed by atoms with Gasteiger partial charge in [-0.1, -0.05) is 0 Å². The van der Waals surface area contributed by atoms with Crippen molar-refractivity contribution in [3.63, 3.8) is 0 Å². The van der Waals surface area contributed by atoms with E-state index in [-0.39, 0.29) is 23.6 Å². The van der Waals surface area contributed by atoms with Gasteiger partial charge < -0.3 is 9.84 Å². The number of carboxylic acid groups (broad SMARTS) is 1. The fraction of sp³-hybridized carbons (Fsp3) is 0.250. The van der Waals surface area contributed by atoms with Gasteiger partial charge in [-0.25, -0.2) is 4.98 Å². The quantitative estimate of drug-likeness (QED) is 0.579. The van der Waals surface area contributed by atoms with Crippen LogP contribution in [0.3, 0.4) is 0 Å². The van der Waals surface area contributed by atoms with Gasteiger partial charge in [-0.3, -0.25) is 14.9 Å². The number of hydrogen-bond donors (Lipinski definition) is 1. The molecule has 1 rings (SSSR count). The van der Waals surface area contributed by atoms with Gasteiger partial charge in [0.1, 0.15) is 6.20 Å². The summed E-state index contributed by atoms with van der Waals surface area (Å²) in [6, 6.07) is 1.14. The summed E-state index contributed by atoms with van der Waals surface area (Å²) in [6.45, 7) is 0. The average Bonchev–Trinajstić information content (AvgIpc) is 2.16. The number of rotatable bonds is 4. The second-order valence-corrected chi connectivity index (χ2v) is 2.69. The molecule has 0 atom stereocenters. The molecule has 0 amide bonds. The van der Waals surface area contributed by atoms with Gasteiger partial charge in [0.25, 0.3) is 5.69 Å². The lowest BCUT2D eigenvalue weighted by Gasteiger charge is -2.04. The van der Waals surface area contributed by atoms with Crippen molar-refractivity contribution in [2.75, 3.05) is 7.11 Å². The molecule has 0 bridgehead atoms. The van der Waals surface area contributed by atoms with Gasteiger partial charge in [-0.15, -0.1) is 0 Å². The first-order valence-corrected chi connectivity index (χ1v) is 3.93. The van der Waals surface area contributed by atoms with Gasteiger partial charge in [0, 0.05) is 11.6 Å². The number of carbonyl (C=O) groups is 1. The predicted molar refractivity (Wildman–Crippen MR) is 48.8 cm³/mol. The van der Waals surface area contributed by atoms with Gasteiger partial charge in [-0.05, 0) is 0 Å². The minimum Gasteiger partial charge on any atom is -0.481 e. The van der Waals surface area contributed by atoms with E-state index in [2.05, 4.69) is 4.98 Å². The molecule has 0 aliphatic carbocycles. The Morgan fingerprint density at radius 1 is 1.73 bits per heavy atom. The molecule has 0 saturated carbocycles. The maximum Gasteiger partial charge on any atom is 0.308 e. The van der Waals surface area contributed by atoms with Crippen molar-refractivity contribution < 1.29 is 19.6 Å². The zero-order chi connectivity index (χ0) is 11.4. The van der Waals surface area contributed by atoms with E-state index in [0.717, 1.165) is 12.3 Å². The van der Waals surface area contributed by atoms with Crippen LogP contribution in [-0.4, -0.2) is 28.1 Å². The molecule has 0 saturated heterocycles. The Morgan fingerprint density at radius 3 is 2.87 bits per heavy atom. The van der Waals surface area contributed by atoms with Crippen LogP contribution in [0.25, 0.3) is 0 Å². The fourth-order valence-electron chi connectivity index (χ4n) is 1.06. The van der Waals surface area contributed by atoms with Crippen LogP contribution in [0.4, 0.5) is 5.69 Å². The molecule has 7 nitrogen and oxygen atoms in total. The van der Waals surface area contributed by atoms with Gasteiger partial charge in [0.05, 0.1) is 18.5 Å². The highest BCUT2D eigenvalue weighted by Crippen LogP contribution is 2.20. The first kappa shape index (κ1) is 10.9. The van der Waals surface area contributed by atoms with Crippen molar-refractivity contribution in [3.05, 3.63) is 27.9 Å². The standard InChI is InChI=1S/C8H8N2O5/c1-15-8-5(3-7(11)12)2-6(4-9-8)10(13)14/h2,4H,3H2,1H3,(H,11,12). The Bertz CT molecular complexity index is 404. The average molecular weight is 212 g/mol. The van der Waals surface area contributed by atoms with Crippen molar-refractivity contribution in [1.82, 2.24) is 4.98 Å². The van der Waals surface area contributed by atoms with E-state index in [1.54, 1.807) is 0 Å². The summed E-state index contributed by atoms with van der Waals surface area (Å²) < 4.78 is 4.78. The summed E-state index contributed by atoms with van der Waals surface area (Å²) in [6.07, 6.45) is 0.655. The minimum absolute atomic E-state index is 0.0861. The third-order valence-electron chi connectivity index (χ3n) is 1.66. The molecule has 15 heavy (non-hydrogen) atoms. The largest absolute Gasteiger partial charge is 0.481 e. The number of pyridine rings is 1. The molecule has 0 spiro atoms. The number of methoxy groups -OCH3 is 1. The Hall–Kier alpha value is -2.18. The first-order valence-electron chi connectivity index (χ1n) is 3.93. The first-order chi connectivity index (χ1) is 7.04. The van der Waals surface area contributed by atoms with Crippen molar-refractivity contribution in [2.45, 2.75) is 6.42 Å². The van der Waals surface area contributed by atoms with E-state index in [0.29, 0.717) is 0 Å². The van der Waals surface area contributed by atoms with E-state index < -0.39 is 10.9 Å². The highest BCUT2D eigenvalue weighted by Gasteiger charge is 2.14. The summed E-state index contributed by atoms with van der Waals surface area (Å²) in [7, 11) is 1.32. The number of aromatic nitrogens is 1. The predicted octanol–water partition coefficient (Wildman–Crippen LogP) is 0.625. The van der Waals surface area contributed by atoms with Crippen molar-refractivity contribution in [1.29, 1.82) is 0 Å². The maximum absolute atomic E-state index is 10.5. The maximum atomic E-state index is 10.5. The van der Waals surface area contributed by atoms with Crippen LogP contribution < -0.4 is 4.74 Å². The lowest BCUT2D eigenvalue weighted by Crippen LogP contribution is -2.04. The minimum atomic E-state index is -1.10. The lowest BCUT2D eigenvalue weighted by atomic mass is 10.2. The molecule has 7 heteroatoms. The van der Waals surface area contributed by atoms with Gasteiger partial charge in [0.2, 0.25) is 5.88 Å². The smallest absolute Gasteiger partial charge is 0.308 e. The van der Waals surface area contributed by atoms with Gasteiger partial charge in [0.15, 0.2) is 0 Å². The van der Waals surface area contributed by atoms with Crippen LogP contribution in [0, 0.1) is 10.1 Å². The Balaban J connectivity index is 3.12. The van der Waals surface area contributed by atoms with Crippen LogP contribution in [0.15, 0.2) is 12.3 Å². The SMILES string of the molecule is COc1ncc([N+](=O)[O-])cc1CC(=O)O. The summed E-state index contributed by atoms with van der Waals surface area (Å²) in [5.74, 6) is -1.02. The Morgan fingerprint density at radius 2 is 2.40 bits per heavy atom. The van der Waals surface area contributed by atoms with Gasteiger partial charge in [-0.2, -0.15) is 0 Å². The number of ether oxygens (including phenoxy) is 1. The molecule has 1 heterocycles. The summed E-state index contributed by atoms with van der Waals surface area (Å²) >= 11 is 0. The van der Waals surface area contributed by atoms with Crippen molar-refractivity contribution in [2.24, 2.45) is 0 Å². The number of aliphatic carboxylic acids is 1. The topological polar surface area (TPSA) is 103 Å². The van der Waals surface area contributed by atoms with E-state index >= 15 is 0 Å². The van der Waals surface area contributed by atoms with Crippen LogP contribution in [0.5, 0.6) is 5.88 Å². The molecule has 0 radical (unpaired) electrons. The normalized spacial score (nSPS) is 9.67. The number of nitrogens with zero attached hydrogens (tertiary/aromatic N) is 2. The monoisotopic (exact) mass is 212 g/mol. The van der Waals surface area contributed by atoms with E-state index in [1.165, 1.54) is 7.11 Å².